The van der Waals surface area contributed by atoms with Gasteiger partial charge in [-0.2, -0.15) is 0 Å². The highest BCUT2D eigenvalue weighted by atomic mass is 16.5. The van der Waals surface area contributed by atoms with Crippen molar-refractivity contribution in [3.8, 4) is 0 Å². The summed E-state index contributed by atoms with van der Waals surface area (Å²) in [6.07, 6.45) is 3.90. The van der Waals surface area contributed by atoms with E-state index in [1.54, 1.807) is 0 Å². The third-order valence-corrected chi connectivity index (χ3v) is 5.78. The Morgan fingerprint density at radius 3 is 2.95 bits per heavy atom. The number of anilines is 1. The molecule has 3 aliphatic rings. The van der Waals surface area contributed by atoms with E-state index in [2.05, 4.69) is 30.4 Å². The zero-order chi connectivity index (χ0) is 14.6. The quantitative estimate of drug-likeness (QED) is 0.845. The highest BCUT2D eigenvalue weighted by Crippen LogP contribution is 2.61. The first-order chi connectivity index (χ1) is 10.2. The Morgan fingerprint density at radius 2 is 2.14 bits per heavy atom. The van der Waals surface area contributed by atoms with Crippen LogP contribution in [0.25, 0.3) is 0 Å². The molecule has 0 unspecified atom stereocenters. The molecule has 1 aliphatic heterocycles. The highest BCUT2D eigenvalue weighted by molar-refractivity contribution is 5.82. The molecule has 5 atom stereocenters. The van der Waals surface area contributed by atoms with Crippen LogP contribution in [0.1, 0.15) is 43.2 Å². The molecule has 2 aliphatic carbocycles. The summed E-state index contributed by atoms with van der Waals surface area (Å²) in [7, 11) is 0. The fourth-order valence-corrected chi connectivity index (χ4v) is 5.08. The standard InChI is InChI=1S/C18H23NO2/c1-3-21-18(20)17-16-12-6-5-11(9-12)15(16)13-8-10(2)4-7-14(13)19-17/h4,7-8,11-12,15-17,19H,3,5-6,9H2,1-2H3/t11-,12+,15-,16-,17-/m1/s1. The van der Waals surface area contributed by atoms with E-state index in [1.807, 2.05) is 6.92 Å². The highest BCUT2D eigenvalue weighted by Gasteiger charge is 2.55. The number of aryl methyl sites for hydroxylation is 1. The number of hydrogen-bond donors (Lipinski definition) is 1. The number of nitrogens with one attached hydrogen (secondary N) is 1. The van der Waals surface area contributed by atoms with Crippen LogP contribution in [0.2, 0.25) is 0 Å². The van der Waals surface area contributed by atoms with E-state index >= 15 is 0 Å². The summed E-state index contributed by atoms with van der Waals surface area (Å²) in [5.74, 6) is 2.37. The van der Waals surface area contributed by atoms with E-state index in [0.29, 0.717) is 24.4 Å². The van der Waals surface area contributed by atoms with Crippen molar-refractivity contribution in [1.29, 1.82) is 0 Å². The second-order valence-electron chi connectivity index (χ2n) is 6.90. The van der Waals surface area contributed by atoms with Gasteiger partial charge >= 0.3 is 5.97 Å². The lowest BCUT2D eigenvalue weighted by Gasteiger charge is -2.42. The molecule has 1 aromatic carbocycles. The smallest absolute Gasteiger partial charge is 0.328 e. The maximum absolute atomic E-state index is 12.4. The summed E-state index contributed by atoms with van der Waals surface area (Å²) < 4.78 is 5.33. The Kier molecular flexibility index (Phi) is 2.98. The van der Waals surface area contributed by atoms with Gasteiger partial charge in [0.25, 0.3) is 0 Å². The van der Waals surface area contributed by atoms with Crippen LogP contribution in [0.4, 0.5) is 5.69 Å². The van der Waals surface area contributed by atoms with Gasteiger partial charge in [-0.05, 0) is 68.4 Å². The minimum absolute atomic E-state index is 0.0636. The van der Waals surface area contributed by atoms with E-state index < -0.39 is 0 Å². The molecule has 1 aromatic rings. The second-order valence-corrected chi connectivity index (χ2v) is 6.90. The van der Waals surface area contributed by atoms with Gasteiger partial charge in [-0.25, -0.2) is 4.79 Å². The lowest BCUT2D eigenvalue weighted by atomic mass is 9.69. The van der Waals surface area contributed by atoms with Crippen LogP contribution in [0, 0.1) is 24.7 Å². The van der Waals surface area contributed by atoms with E-state index in [1.165, 1.54) is 30.4 Å². The molecule has 21 heavy (non-hydrogen) atoms. The van der Waals surface area contributed by atoms with Gasteiger partial charge in [0.15, 0.2) is 0 Å². The monoisotopic (exact) mass is 285 g/mol. The Hall–Kier alpha value is -1.51. The molecular weight excluding hydrogens is 262 g/mol. The Morgan fingerprint density at radius 1 is 1.33 bits per heavy atom. The number of ether oxygens (including phenoxy) is 1. The number of fused-ring (bicyclic) bond motifs is 7. The zero-order valence-electron chi connectivity index (χ0n) is 12.8. The Bertz CT molecular complexity index is 583. The molecule has 2 bridgehead atoms. The molecule has 0 saturated heterocycles. The summed E-state index contributed by atoms with van der Waals surface area (Å²) in [5.41, 5.74) is 3.90. The van der Waals surface area contributed by atoms with Gasteiger partial charge in [0.05, 0.1) is 6.61 Å². The molecule has 1 heterocycles. The van der Waals surface area contributed by atoms with Crippen molar-refractivity contribution in [3.63, 3.8) is 0 Å². The van der Waals surface area contributed by atoms with Gasteiger partial charge in [0, 0.05) is 5.69 Å². The van der Waals surface area contributed by atoms with E-state index in [9.17, 15) is 4.79 Å². The number of carbonyl (C=O) groups is 1. The van der Waals surface area contributed by atoms with Crippen LogP contribution in [-0.4, -0.2) is 18.6 Å². The molecule has 0 aromatic heterocycles. The van der Waals surface area contributed by atoms with Crippen LogP contribution in [0.15, 0.2) is 18.2 Å². The molecular formula is C18H23NO2. The summed E-state index contributed by atoms with van der Waals surface area (Å²) in [4.78, 5) is 12.4. The fraction of sp³-hybridized carbons (Fsp3) is 0.611. The minimum Gasteiger partial charge on any atom is -0.464 e. The lowest BCUT2D eigenvalue weighted by Crippen LogP contribution is -2.46. The van der Waals surface area contributed by atoms with E-state index in [4.69, 9.17) is 4.74 Å². The fourth-order valence-electron chi connectivity index (χ4n) is 5.08. The van der Waals surface area contributed by atoms with Crippen molar-refractivity contribution in [2.45, 2.75) is 45.1 Å². The SMILES string of the molecule is CCOC(=O)[C@@H]1Nc2ccc(C)cc2[C@H]2[C@@H]3CC[C@@H](C3)[C@H]21. The van der Waals surface area contributed by atoms with E-state index in [-0.39, 0.29) is 12.0 Å². The molecule has 4 rings (SSSR count). The van der Waals surface area contributed by atoms with Crippen molar-refractivity contribution < 1.29 is 9.53 Å². The Balaban J connectivity index is 1.77. The largest absolute Gasteiger partial charge is 0.464 e. The lowest BCUT2D eigenvalue weighted by molar-refractivity contribution is -0.146. The summed E-state index contributed by atoms with van der Waals surface area (Å²) in [5, 5.41) is 3.49. The van der Waals surface area contributed by atoms with Crippen LogP contribution in [0.3, 0.4) is 0 Å². The number of esters is 1. The first-order valence-corrected chi connectivity index (χ1v) is 8.22. The zero-order valence-corrected chi connectivity index (χ0v) is 12.8. The van der Waals surface area contributed by atoms with Gasteiger partial charge in [-0.1, -0.05) is 17.7 Å². The molecule has 3 nitrogen and oxygen atoms in total. The average Bonchev–Trinajstić information content (AvgIpc) is 3.08. The van der Waals surface area contributed by atoms with Gasteiger partial charge in [-0.3, -0.25) is 0 Å². The molecule has 3 heteroatoms. The number of carbonyl (C=O) groups excluding carboxylic acids is 1. The molecule has 2 fully saturated rings. The molecule has 0 spiro atoms. The molecule has 0 amide bonds. The third-order valence-electron chi connectivity index (χ3n) is 5.78. The van der Waals surface area contributed by atoms with E-state index in [0.717, 1.165) is 11.6 Å². The molecule has 1 N–H and O–H groups in total. The summed E-state index contributed by atoms with van der Waals surface area (Å²) >= 11 is 0. The maximum atomic E-state index is 12.4. The number of benzene rings is 1. The van der Waals surface area contributed by atoms with Gasteiger partial charge in [0.2, 0.25) is 0 Å². The van der Waals surface area contributed by atoms with Gasteiger partial charge in [0.1, 0.15) is 6.04 Å². The van der Waals surface area contributed by atoms with Crippen molar-refractivity contribution in [3.05, 3.63) is 29.3 Å². The molecule has 112 valence electrons. The number of hydrogen-bond acceptors (Lipinski definition) is 3. The van der Waals surface area contributed by atoms with Crippen LogP contribution < -0.4 is 5.32 Å². The molecule has 2 saturated carbocycles. The van der Waals surface area contributed by atoms with Crippen LogP contribution in [-0.2, 0) is 9.53 Å². The average molecular weight is 285 g/mol. The predicted molar refractivity (Wildman–Crippen MR) is 82.3 cm³/mol. The van der Waals surface area contributed by atoms with Crippen molar-refractivity contribution >= 4 is 11.7 Å². The topological polar surface area (TPSA) is 38.3 Å². The maximum Gasteiger partial charge on any atom is 0.328 e. The van der Waals surface area contributed by atoms with Crippen molar-refractivity contribution in [1.82, 2.24) is 0 Å². The summed E-state index contributed by atoms with van der Waals surface area (Å²) in [6.45, 7) is 4.50. The molecule has 0 radical (unpaired) electrons. The normalized spacial score (nSPS) is 35.8. The third kappa shape index (κ3) is 1.90. The predicted octanol–water partition coefficient (Wildman–Crippen LogP) is 3.48. The van der Waals surface area contributed by atoms with Crippen molar-refractivity contribution in [2.24, 2.45) is 17.8 Å². The van der Waals surface area contributed by atoms with Crippen LogP contribution >= 0.6 is 0 Å². The summed E-state index contributed by atoms with van der Waals surface area (Å²) in [6, 6.07) is 6.43. The van der Waals surface area contributed by atoms with Crippen molar-refractivity contribution in [2.75, 3.05) is 11.9 Å². The van der Waals surface area contributed by atoms with Gasteiger partial charge < -0.3 is 10.1 Å². The first kappa shape index (κ1) is 13.2. The van der Waals surface area contributed by atoms with Gasteiger partial charge in [-0.15, -0.1) is 0 Å². The second kappa shape index (κ2) is 4.75. The number of rotatable bonds is 2. The minimum atomic E-state index is -0.152. The van der Waals surface area contributed by atoms with Crippen LogP contribution in [0.5, 0.6) is 0 Å². The first-order valence-electron chi connectivity index (χ1n) is 8.22. The Labute approximate surface area is 126 Å².